The van der Waals surface area contributed by atoms with Crippen molar-refractivity contribution in [3.63, 3.8) is 0 Å². The largest absolute Gasteiger partial charge is 0.496 e. The molecule has 0 aliphatic rings. The predicted molar refractivity (Wildman–Crippen MR) is 74.8 cm³/mol. The van der Waals surface area contributed by atoms with E-state index >= 15 is 0 Å². The summed E-state index contributed by atoms with van der Waals surface area (Å²) in [5.74, 6) is 0.843. The molecule has 0 unspecified atom stereocenters. The summed E-state index contributed by atoms with van der Waals surface area (Å²) in [6.45, 7) is 1.55. The normalized spacial score (nSPS) is 10.6. The van der Waals surface area contributed by atoms with Gasteiger partial charge in [0.15, 0.2) is 0 Å². The Labute approximate surface area is 115 Å². The van der Waals surface area contributed by atoms with Crippen LogP contribution >= 0.6 is 15.9 Å². The summed E-state index contributed by atoms with van der Waals surface area (Å²) in [5.41, 5.74) is 2.23. The molecule has 1 heterocycles. The Morgan fingerprint density at radius 1 is 1.39 bits per heavy atom. The minimum Gasteiger partial charge on any atom is -0.496 e. The van der Waals surface area contributed by atoms with E-state index in [4.69, 9.17) is 4.74 Å². The Bertz CT molecular complexity index is 525. The summed E-state index contributed by atoms with van der Waals surface area (Å²) in [6.07, 6.45) is 1.99. The highest BCUT2D eigenvalue weighted by atomic mass is 79.9. The first-order valence-corrected chi connectivity index (χ1v) is 6.51. The lowest BCUT2D eigenvalue weighted by molar-refractivity contribution is 0.412. The maximum absolute atomic E-state index is 5.21. The number of nitrogens with one attached hydrogen (secondary N) is 1. The first-order valence-electron chi connectivity index (χ1n) is 5.72. The van der Waals surface area contributed by atoms with Crippen molar-refractivity contribution in [2.45, 2.75) is 13.1 Å². The maximum atomic E-state index is 5.21. The van der Waals surface area contributed by atoms with Gasteiger partial charge in [-0.25, -0.2) is 0 Å². The molecule has 0 fully saturated rings. The van der Waals surface area contributed by atoms with Crippen molar-refractivity contribution >= 4 is 15.9 Å². The highest BCUT2D eigenvalue weighted by Crippen LogP contribution is 2.25. The highest BCUT2D eigenvalue weighted by molar-refractivity contribution is 9.10. The molecule has 0 aliphatic heterocycles. The van der Waals surface area contributed by atoms with Crippen molar-refractivity contribution in [1.29, 1.82) is 0 Å². The van der Waals surface area contributed by atoms with Crippen LogP contribution < -0.4 is 10.1 Å². The van der Waals surface area contributed by atoms with Gasteiger partial charge in [0.1, 0.15) is 5.75 Å². The lowest BCUT2D eigenvalue weighted by atomic mass is 10.2. The third-order valence-electron chi connectivity index (χ3n) is 2.61. The summed E-state index contributed by atoms with van der Waals surface area (Å²) in [6, 6.07) is 8.08. The number of aromatic nitrogens is 2. The van der Waals surface area contributed by atoms with Gasteiger partial charge in [-0.05, 0) is 46.7 Å². The topological polar surface area (TPSA) is 39.1 Å². The van der Waals surface area contributed by atoms with Gasteiger partial charge in [-0.1, -0.05) is 6.07 Å². The summed E-state index contributed by atoms with van der Waals surface area (Å²) < 4.78 is 8.10. The SMILES string of the molecule is CNCc1ccn(Cc2ccc(OC)c(Br)c2)n1. The van der Waals surface area contributed by atoms with Crippen LogP contribution in [0.15, 0.2) is 34.9 Å². The zero-order valence-electron chi connectivity index (χ0n) is 10.5. The van der Waals surface area contributed by atoms with Crippen molar-refractivity contribution in [3.8, 4) is 5.75 Å². The maximum Gasteiger partial charge on any atom is 0.133 e. The number of halogens is 1. The van der Waals surface area contributed by atoms with Crippen LogP contribution in [0.25, 0.3) is 0 Å². The molecule has 1 aromatic heterocycles. The third kappa shape index (κ3) is 3.11. The summed E-state index contributed by atoms with van der Waals surface area (Å²) in [4.78, 5) is 0. The fourth-order valence-corrected chi connectivity index (χ4v) is 2.35. The van der Waals surface area contributed by atoms with Crippen LogP contribution in [0.1, 0.15) is 11.3 Å². The van der Waals surface area contributed by atoms with Crippen LogP contribution in [0.5, 0.6) is 5.75 Å². The van der Waals surface area contributed by atoms with E-state index in [2.05, 4.69) is 32.4 Å². The number of ether oxygens (including phenoxy) is 1. The quantitative estimate of drug-likeness (QED) is 0.922. The molecule has 0 aliphatic carbocycles. The number of hydrogen-bond donors (Lipinski definition) is 1. The molecule has 0 amide bonds. The third-order valence-corrected chi connectivity index (χ3v) is 3.23. The summed E-state index contributed by atoms with van der Waals surface area (Å²) >= 11 is 3.49. The van der Waals surface area contributed by atoms with E-state index in [0.29, 0.717) is 0 Å². The second-order valence-electron chi connectivity index (χ2n) is 4.00. The van der Waals surface area contributed by atoms with Gasteiger partial charge in [0.05, 0.1) is 23.8 Å². The molecule has 1 aromatic carbocycles. The number of methoxy groups -OCH3 is 1. The fraction of sp³-hybridized carbons (Fsp3) is 0.308. The number of benzene rings is 1. The van der Waals surface area contributed by atoms with Crippen molar-refractivity contribution in [3.05, 3.63) is 46.2 Å². The minimum absolute atomic E-state index is 0.756. The molecule has 0 radical (unpaired) electrons. The lowest BCUT2D eigenvalue weighted by Gasteiger charge is -2.06. The lowest BCUT2D eigenvalue weighted by Crippen LogP contribution is -2.07. The van der Waals surface area contributed by atoms with Gasteiger partial charge in [0.25, 0.3) is 0 Å². The molecule has 4 nitrogen and oxygen atoms in total. The van der Waals surface area contributed by atoms with Crippen LogP contribution in [0.4, 0.5) is 0 Å². The van der Waals surface area contributed by atoms with Gasteiger partial charge in [0.2, 0.25) is 0 Å². The minimum atomic E-state index is 0.756. The van der Waals surface area contributed by atoms with Gasteiger partial charge in [-0.3, -0.25) is 4.68 Å². The van der Waals surface area contributed by atoms with Gasteiger partial charge >= 0.3 is 0 Å². The van der Waals surface area contributed by atoms with Crippen LogP contribution in [0.2, 0.25) is 0 Å². The first-order chi connectivity index (χ1) is 8.72. The average Bonchev–Trinajstić information content (AvgIpc) is 2.77. The van der Waals surface area contributed by atoms with E-state index in [-0.39, 0.29) is 0 Å². The summed E-state index contributed by atoms with van der Waals surface area (Å²) in [5, 5.41) is 7.56. The molecular formula is C13H16BrN3O. The van der Waals surface area contributed by atoms with Crippen molar-refractivity contribution in [2.75, 3.05) is 14.2 Å². The van der Waals surface area contributed by atoms with Crippen LogP contribution in [-0.2, 0) is 13.1 Å². The van der Waals surface area contributed by atoms with Crippen LogP contribution in [0.3, 0.4) is 0 Å². The Morgan fingerprint density at radius 2 is 2.22 bits per heavy atom. The fourth-order valence-electron chi connectivity index (χ4n) is 1.76. The molecule has 96 valence electrons. The van der Waals surface area contributed by atoms with Crippen LogP contribution in [-0.4, -0.2) is 23.9 Å². The zero-order chi connectivity index (χ0) is 13.0. The molecule has 2 aromatic rings. The van der Waals surface area contributed by atoms with E-state index in [1.807, 2.05) is 36.1 Å². The Kier molecular flexibility index (Phi) is 4.38. The van der Waals surface area contributed by atoms with Gasteiger partial charge in [-0.2, -0.15) is 5.10 Å². The molecule has 0 saturated heterocycles. The highest BCUT2D eigenvalue weighted by Gasteiger charge is 2.03. The van der Waals surface area contributed by atoms with Gasteiger partial charge in [0, 0.05) is 12.7 Å². The van der Waals surface area contributed by atoms with E-state index in [1.54, 1.807) is 7.11 Å². The Balaban J connectivity index is 2.10. The molecule has 5 heteroatoms. The smallest absolute Gasteiger partial charge is 0.133 e. The zero-order valence-corrected chi connectivity index (χ0v) is 12.1. The monoisotopic (exact) mass is 309 g/mol. The van der Waals surface area contributed by atoms with Crippen molar-refractivity contribution < 1.29 is 4.74 Å². The van der Waals surface area contributed by atoms with Crippen LogP contribution in [0, 0.1) is 0 Å². The number of nitrogens with zero attached hydrogens (tertiary/aromatic N) is 2. The second-order valence-corrected chi connectivity index (χ2v) is 4.86. The number of hydrogen-bond acceptors (Lipinski definition) is 3. The van der Waals surface area contributed by atoms with E-state index in [9.17, 15) is 0 Å². The molecule has 2 rings (SSSR count). The van der Waals surface area contributed by atoms with Gasteiger partial charge in [-0.15, -0.1) is 0 Å². The molecule has 0 atom stereocenters. The molecule has 0 spiro atoms. The van der Waals surface area contributed by atoms with E-state index in [1.165, 1.54) is 5.56 Å². The molecule has 18 heavy (non-hydrogen) atoms. The standard InChI is InChI=1S/C13H16BrN3O/c1-15-8-11-5-6-17(16-11)9-10-3-4-13(18-2)12(14)7-10/h3-7,15H,8-9H2,1-2H3. The summed E-state index contributed by atoms with van der Waals surface area (Å²) in [7, 11) is 3.58. The number of rotatable bonds is 5. The Hall–Kier alpha value is -1.33. The molecule has 1 N–H and O–H groups in total. The molecule has 0 bridgehead atoms. The van der Waals surface area contributed by atoms with Gasteiger partial charge < -0.3 is 10.1 Å². The predicted octanol–water partition coefficient (Wildman–Crippen LogP) is 2.42. The van der Waals surface area contributed by atoms with E-state index in [0.717, 1.165) is 29.0 Å². The average molecular weight is 310 g/mol. The van der Waals surface area contributed by atoms with E-state index < -0.39 is 0 Å². The first kappa shape index (κ1) is 13.1. The second kappa shape index (κ2) is 6.02. The Morgan fingerprint density at radius 3 is 2.89 bits per heavy atom. The van der Waals surface area contributed by atoms with Crippen molar-refractivity contribution in [1.82, 2.24) is 15.1 Å². The molecular weight excluding hydrogens is 294 g/mol. The molecule has 0 saturated carbocycles. The van der Waals surface area contributed by atoms with Crippen molar-refractivity contribution in [2.24, 2.45) is 0 Å².